The van der Waals surface area contributed by atoms with Crippen LogP contribution in [0.15, 0.2) is 54.7 Å². The van der Waals surface area contributed by atoms with E-state index in [2.05, 4.69) is 15.4 Å². The molecule has 1 aliphatic rings. The predicted molar refractivity (Wildman–Crippen MR) is 141 cm³/mol. The van der Waals surface area contributed by atoms with Crippen molar-refractivity contribution in [2.24, 2.45) is 7.05 Å². The molecule has 0 saturated carbocycles. The van der Waals surface area contributed by atoms with Gasteiger partial charge in [-0.25, -0.2) is 10.4 Å². The van der Waals surface area contributed by atoms with Gasteiger partial charge >= 0.3 is 0 Å². The molecule has 0 aliphatic carbocycles. The molecular formula is C28H21N5O5. The Hall–Kier alpha value is -4.93. The van der Waals surface area contributed by atoms with Crippen molar-refractivity contribution >= 4 is 55.4 Å². The number of aromatic hydroxyl groups is 2. The van der Waals surface area contributed by atoms with Crippen LogP contribution in [0.1, 0.15) is 32.0 Å². The summed E-state index contributed by atoms with van der Waals surface area (Å²) in [6.07, 6.45) is 1.58. The van der Waals surface area contributed by atoms with Crippen LogP contribution in [0.4, 0.5) is 0 Å². The van der Waals surface area contributed by atoms with E-state index in [0.29, 0.717) is 49.5 Å². The maximum absolute atomic E-state index is 13.9. The highest BCUT2D eigenvalue weighted by molar-refractivity contribution is 6.39. The molecule has 0 unspecified atom stereocenters. The number of phenols is 2. The lowest BCUT2D eigenvalue weighted by atomic mass is 9.96. The van der Waals surface area contributed by atoms with Gasteiger partial charge in [0.1, 0.15) is 11.5 Å². The van der Waals surface area contributed by atoms with Crippen LogP contribution < -0.4 is 5.43 Å². The molecule has 0 spiro atoms. The van der Waals surface area contributed by atoms with Gasteiger partial charge in [0.15, 0.2) is 0 Å². The zero-order valence-electron chi connectivity index (χ0n) is 20.1. The molecule has 5 N–H and O–H groups in total. The molecule has 0 bridgehead atoms. The van der Waals surface area contributed by atoms with Gasteiger partial charge in [0.25, 0.3) is 11.8 Å². The first-order valence-electron chi connectivity index (χ1n) is 12.0. The van der Waals surface area contributed by atoms with Gasteiger partial charge in [-0.05, 0) is 30.3 Å². The number of benzene rings is 3. The molecular weight excluding hydrogens is 486 g/mol. The first-order valence-corrected chi connectivity index (χ1v) is 12.0. The van der Waals surface area contributed by atoms with Crippen molar-refractivity contribution in [3.8, 4) is 11.5 Å². The summed E-state index contributed by atoms with van der Waals surface area (Å²) in [4.78, 5) is 35.5. The molecule has 10 heteroatoms. The maximum atomic E-state index is 13.9. The summed E-state index contributed by atoms with van der Waals surface area (Å²) in [5.74, 6) is -0.867. The Balaban J connectivity index is 1.52. The van der Waals surface area contributed by atoms with Gasteiger partial charge in [-0.2, -0.15) is 0 Å². The van der Waals surface area contributed by atoms with Gasteiger partial charge in [0, 0.05) is 52.5 Å². The molecule has 10 nitrogen and oxygen atoms in total. The number of nitrogens with zero attached hydrogens (tertiary/aromatic N) is 3. The maximum Gasteiger partial charge on any atom is 0.276 e. The van der Waals surface area contributed by atoms with Gasteiger partial charge in [-0.3, -0.25) is 14.6 Å². The molecule has 2 amide bonds. The van der Waals surface area contributed by atoms with Gasteiger partial charge in [-0.15, -0.1) is 0 Å². The molecule has 3 aromatic heterocycles. The third-order valence-electron chi connectivity index (χ3n) is 7.35. The summed E-state index contributed by atoms with van der Waals surface area (Å²) in [6, 6.07) is 13.2. The zero-order chi connectivity index (χ0) is 26.3. The fourth-order valence-electron chi connectivity index (χ4n) is 5.66. The first kappa shape index (κ1) is 22.3. The van der Waals surface area contributed by atoms with E-state index < -0.39 is 11.8 Å². The summed E-state index contributed by atoms with van der Waals surface area (Å²) in [6.45, 7) is -0.168. The number of hydrogen-bond donors (Lipinski definition) is 5. The van der Waals surface area contributed by atoms with Gasteiger partial charge in [-0.1, -0.05) is 6.07 Å². The van der Waals surface area contributed by atoms with E-state index in [1.807, 2.05) is 11.6 Å². The van der Waals surface area contributed by atoms with E-state index in [1.165, 1.54) is 0 Å². The SMILES string of the molecule is Cn1c2cc(O)ccc2c2c3c(c4c5ccc(O)cc5[nH]c4c21)C(=O)N(NCc1ncccc1CO)C3=O. The molecule has 188 valence electrons. The largest absolute Gasteiger partial charge is 0.508 e. The normalized spacial score (nSPS) is 13.6. The van der Waals surface area contributed by atoms with E-state index in [1.54, 1.807) is 54.7 Å². The van der Waals surface area contributed by atoms with Crippen LogP contribution in [0.5, 0.6) is 11.5 Å². The Labute approximate surface area is 214 Å². The molecule has 38 heavy (non-hydrogen) atoms. The van der Waals surface area contributed by atoms with Crippen LogP contribution in [0.2, 0.25) is 0 Å². The second-order valence-corrected chi connectivity index (χ2v) is 9.39. The molecule has 3 aromatic carbocycles. The summed E-state index contributed by atoms with van der Waals surface area (Å²) < 4.78 is 1.89. The number of pyridine rings is 1. The van der Waals surface area contributed by atoms with Gasteiger partial charge in [0.2, 0.25) is 0 Å². The summed E-state index contributed by atoms with van der Waals surface area (Å²) in [5, 5.41) is 33.5. The molecule has 7 rings (SSSR count). The topological polar surface area (TPSA) is 144 Å². The molecule has 0 saturated heterocycles. The number of hydrogen-bond acceptors (Lipinski definition) is 7. The highest BCUT2D eigenvalue weighted by Gasteiger charge is 2.41. The minimum absolute atomic E-state index is 0.0552. The number of aromatic nitrogens is 3. The van der Waals surface area contributed by atoms with Crippen LogP contribution >= 0.6 is 0 Å². The third-order valence-corrected chi connectivity index (χ3v) is 7.35. The van der Waals surface area contributed by atoms with Crippen LogP contribution in [0.3, 0.4) is 0 Å². The number of carbonyl (C=O) groups excluding carboxylic acids is 2. The number of nitrogens with one attached hydrogen (secondary N) is 2. The standard InChI is InChI=1S/C28H21N5O5/c1-32-20-10-15(36)5-7-17(20)22-24-23(21-16-6-4-14(35)9-18(16)31-25(21)26(22)32)27(37)33(28(24)38)30-11-19-13(12-34)3-2-8-29-19/h2-10,30-31,34-36H,11-12H2,1H3. The zero-order valence-corrected chi connectivity index (χ0v) is 20.1. The Morgan fingerprint density at radius 1 is 0.947 bits per heavy atom. The lowest BCUT2D eigenvalue weighted by Gasteiger charge is -2.16. The van der Waals surface area contributed by atoms with Crippen molar-refractivity contribution in [2.75, 3.05) is 0 Å². The van der Waals surface area contributed by atoms with Crippen molar-refractivity contribution in [2.45, 2.75) is 13.2 Å². The number of carbonyl (C=O) groups is 2. The number of amides is 2. The second-order valence-electron chi connectivity index (χ2n) is 9.39. The number of rotatable bonds is 4. The average molecular weight is 508 g/mol. The van der Waals surface area contributed by atoms with Crippen LogP contribution in [-0.4, -0.2) is 46.7 Å². The van der Waals surface area contributed by atoms with E-state index >= 15 is 0 Å². The predicted octanol–water partition coefficient (Wildman–Crippen LogP) is 3.57. The Morgan fingerprint density at radius 2 is 1.66 bits per heavy atom. The summed E-state index contributed by atoms with van der Waals surface area (Å²) in [7, 11) is 1.84. The van der Waals surface area contributed by atoms with E-state index in [4.69, 9.17) is 0 Å². The minimum Gasteiger partial charge on any atom is -0.508 e. The number of fused-ring (bicyclic) bond motifs is 10. The number of phenolic OH excluding ortho intramolecular Hbond substituents is 2. The lowest BCUT2D eigenvalue weighted by Crippen LogP contribution is -2.42. The van der Waals surface area contributed by atoms with E-state index in [-0.39, 0.29) is 35.8 Å². The third kappa shape index (κ3) is 2.86. The average Bonchev–Trinajstić information content (AvgIpc) is 3.50. The van der Waals surface area contributed by atoms with Gasteiger partial charge < -0.3 is 24.9 Å². The fraction of sp³-hybridized carbons (Fsp3) is 0.107. The van der Waals surface area contributed by atoms with Gasteiger partial charge in [0.05, 0.1) is 52.0 Å². The van der Waals surface area contributed by atoms with Crippen molar-refractivity contribution < 1.29 is 24.9 Å². The minimum atomic E-state index is -0.511. The second kappa shape index (κ2) is 7.78. The molecule has 6 aromatic rings. The Morgan fingerprint density at radius 3 is 2.42 bits per heavy atom. The van der Waals surface area contributed by atoms with Crippen molar-refractivity contribution in [3.63, 3.8) is 0 Å². The van der Waals surface area contributed by atoms with E-state index in [9.17, 15) is 24.9 Å². The van der Waals surface area contributed by atoms with Crippen LogP contribution in [-0.2, 0) is 20.2 Å². The van der Waals surface area contributed by atoms with Crippen molar-refractivity contribution in [3.05, 3.63) is 77.1 Å². The monoisotopic (exact) mass is 507 g/mol. The number of H-pyrrole nitrogens is 1. The molecule has 0 atom stereocenters. The highest BCUT2D eigenvalue weighted by atomic mass is 16.3. The smallest absolute Gasteiger partial charge is 0.276 e. The van der Waals surface area contributed by atoms with Crippen LogP contribution in [0, 0.1) is 0 Å². The van der Waals surface area contributed by atoms with Crippen LogP contribution in [0.25, 0.3) is 43.6 Å². The summed E-state index contributed by atoms with van der Waals surface area (Å²) in [5.41, 5.74) is 7.22. The number of aryl methyl sites for hydroxylation is 1. The molecule has 0 fully saturated rings. The Bertz CT molecular complexity index is 2000. The van der Waals surface area contributed by atoms with Crippen molar-refractivity contribution in [1.82, 2.24) is 25.0 Å². The highest BCUT2D eigenvalue weighted by Crippen LogP contribution is 2.45. The molecule has 0 radical (unpaired) electrons. The number of aliphatic hydroxyl groups is 1. The lowest BCUT2D eigenvalue weighted by molar-refractivity contribution is 0.0562. The number of aromatic amines is 1. The Kier molecular flexibility index (Phi) is 4.56. The quantitative estimate of drug-likeness (QED) is 0.230. The number of hydrazine groups is 1. The molecule has 4 heterocycles. The van der Waals surface area contributed by atoms with E-state index in [0.717, 1.165) is 10.4 Å². The molecule has 1 aliphatic heterocycles. The number of aliphatic hydroxyl groups excluding tert-OH is 1. The fourth-order valence-corrected chi connectivity index (χ4v) is 5.66. The van der Waals surface area contributed by atoms with Crippen molar-refractivity contribution in [1.29, 1.82) is 0 Å². The first-order chi connectivity index (χ1) is 18.4. The summed E-state index contributed by atoms with van der Waals surface area (Å²) >= 11 is 0. The number of imide groups is 1.